The van der Waals surface area contributed by atoms with Gasteiger partial charge in [-0.15, -0.1) is 0 Å². The molecule has 0 bridgehead atoms. The molecule has 0 saturated heterocycles. The van der Waals surface area contributed by atoms with Crippen molar-refractivity contribution in [2.24, 2.45) is 0 Å². The molecular formula is C16H17F. The maximum absolute atomic E-state index is 13.5. The minimum atomic E-state index is -0.0799. The van der Waals surface area contributed by atoms with Crippen molar-refractivity contribution < 1.29 is 4.39 Å². The normalized spacial score (nSPS) is 10.5. The monoisotopic (exact) mass is 228 g/mol. The largest absolute Gasteiger partial charge is 0.207 e. The number of aryl methyl sites for hydroxylation is 1. The lowest BCUT2D eigenvalue weighted by molar-refractivity contribution is 0.606. The van der Waals surface area contributed by atoms with Gasteiger partial charge in [-0.25, -0.2) is 4.39 Å². The van der Waals surface area contributed by atoms with Crippen LogP contribution in [0.3, 0.4) is 0 Å². The van der Waals surface area contributed by atoms with Crippen LogP contribution in [-0.4, -0.2) is 0 Å². The highest BCUT2D eigenvalue weighted by Crippen LogP contribution is 2.15. The fraction of sp³-hybridized carbons (Fsp3) is 0.250. The van der Waals surface area contributed by atoms with Gasteiger partial charge in [0.2, 0.25) is 0 Å². The molecule has 0 unspecified atom stereocenters. The van der Waals surface area contributed by atoms with Crippen LogP contribution in [0.25, 0.3) is 0 Å². The molecular weight excluding hydrogens is 211 g/mol. The molecule has 0 heterocycles. The Morgan fingerprint density at radius 3 is 2.41 bits per heavy atom. The van der Waals surface area contributed by atoms with Crippen LogP contribution in [0.1, 0.15) is 30.0 Å². The van der Waals surface area contributed by atoms with Gasteiger partial charge in [0.25, 0.3) is 0 Å². The molecule has 0 radical (unpaired) electrons. The van der Waals surface area contributed by atoms with Gasteiger partial charge in [0.15, 0.2) is 0 Å². The van der Waals surface area contributed by atoms with Crippen LogP contribution < -0.4 is 0 Å². The van der Waals surface area contributed by atoms with Gasteiger partial charge in [-0.1, -0.05) is 55.8 Å². The maximum atomic E-state index is 13.5. The molecule has 0 nitrogen and oxygen atoms in total. The summed E-state index contributed by atoms with van der Waals surface area (Å²) < 4.78 is 13.5. The molecule has 0 fully saturated rings. The van der Waals surface area contributed by atoms with Gasteiger partial charge in [-0.3, -0.25) is 0 Å². The average Bonchev–Trinajstić information content (AvgIpc) is 2.35. The zero-order valence-corrected chi connectivity index (χ0v) is 10.1. The Balaban J connectivity index is 2.19. The lowest BCUT2D eigenvalue weighted by atomic mass is 10.0. The van der Waals surface area contributed by atoms with Crippen LogP contribution in [0, 0.1) is 5.82 Å². The lowest BCUT2D eigenvalue weighted by Crippen LogP contribution is -1.94. The molecule has 0 amide bonds. The van der Waals surface area contributed by atoms with Crippen LogP contribution in [0.4, 0.5) is 4.39 Å². The Hall–Kier alpha value is -1.63. The molecule has 17 heavy (non-hydrogen) atoms. The highest BCUT2D eigenvalue weighted by molar-refractivity contribution is 5.30. The fourth-order valence-corrected chi connectivity index (χ4v) is 2.03. The molecule has 88 valence electrons. The first-order chi connectivity index (χ1) is 8.29. The van der Waals surface area contributed by atoms with Crippen LogP contribution in [0.2, 0.25) is 0 Å². The van der Waals surface area contributed by atoms with E-state index in [4.69, 9.17) is 0 Å². The van der Waals surface area contributed by atoms with E-state index in [9.17, 15) is 4.39 Å². The van der Waals surface area contributed by atoms with Gasteiger partial charge in [-0.05, 0) is 35.6 Å². The SMILES string of the molecule is CCCc1cc(Cc2ccccc2)ccc1F. The number of hydrogen-bond donors (Lipinski definition) is 0. The summed E-state index contributed by atoms with van der Waals surface area (Å²) >= 11 is 0. The maximum Gasteiger partial charge on any atom is 0.126 e. The Morgan fingerprint density at radius 1 is 0.941 bits per heavy atom. The zero-order valence-electron chi connectivity index (χ0n) is 10.1. The van der Waals surface area contributed by atoms with Crippen LogP contribution >= 0.6 is 0 Å². The van der Waals surface area contributed by atoms with E-state index in [1.807, 2.05) is 30.3 Å². The van der Waals surface area contributed by atoms with Gasteiger partial charge < -0.3 is 0 Å². The van der Waals surface area contributed by atoms with Crippen molar-refractivity contribution in [1.29, 1.82) is 0 Å². The topological polar surface area (TPSA) is 0 Å². The molecule has 2 aromatic carbocycles. The van der Waals surface area contributed by atoms with E-state index in [0.29, 0.717) is 0 Å². The molecule has 0 aliphatic heterocycles. The van der Waals surface area contributed by atoms with Crippen LogP contribution in [-0.2, 0) is 12.8 Å². The first-order valence-corrected chi connectivity index (χ1v) is 6.11. The van der Waals surface area contributed by atoms with Gasteiger partial charge in [0, 0.05) is 0 Å². The number of rotatable bonds is 4. The Labute approximate surface area is 102 Å². The van der Waals surface area contributed by atoms with E-state index in [0.717, 1.165) is 24.8 Å². The third-order valence-electron chi connectivity index (χ3n) is 2.88. The van der Waals surface area contributed by atoms with Crippen LogP contribution in [0.15, 0.2) is 48.5 Å². The van der Waals surface area contributed by atoms with Crippen molar-refractivity contribution in [2.75, 3.05) is 0 Å². The number of hydrogen-bond acceptors (Lipinski definition) is 0. The van der Waals surface area contributed by atoms with E-state index in [1.165, 1.54) is 11.1 Å². The molecule has 0 spiro atoms. The second-order valence-electron chi connectivity index (χ2n) is 4.34. The lowest BCUT2D eigenvalue weighted by Gasteiger charge is -2.06. The average molecular weight is 228 g/mol. The molecule has 0 atom stereocenters. The molecule has 0 saturated carbocycles. The molecule has 0 aliphatic rings. The second kappa shape index (κ2) is 5.62. The molecule has 1 heteroatoms. The smallest absolute Gasteiger partial charge is 0.126 e. The Bertz CT molecular complexity index is 474. The summed E-state index contributed by atoms with van der Waals surface area (Å²) in [4.78, 5) is 0. The van der Waals surface area contributed by atoms with Crippen LogP contribution in [0.5, 0.6) is 0 Å². The van der Waals surface area contributed by atoms with Crippen molar-refractivity contribution in [3.05, 3.63) is 71.0 Å². The van der Waals surface area contributed by atoms with E-state index in [-0.39, 0.29) is 5.82 Å². The molecule has 2 rings (SSSR count). The fourth-order valence-electron chi connectivity index (χ4n) is 2.03. The Morgan fingerprint density at radius 2 is 1.71 bits per heavy atom. The van der Waals surface area contributed by atoms with Crippen molar-refractivity contribution in [3.63, 3.8) is 0 Å². The van der Waals surface area contributed by atoms with E-state index < -0.39 is 0 Å². The van der Waals surface area contributed by atoms with Gasteiger partial charge in [0.1, 0.15) is 5.82 Å². The van der Waals surface area contributed by atoms with Crippen molar-refractivity contribution >= 4 is 0 Å². The summed E-state index contributed by atoms with van der Waals surface area (Å²) in [5.41, 5.74) is 3.28. The van der Waals surface area contributed by atoms with Gasteiger partial charge >= 0.3 is 0 Å². The highest BCUT2D eigenvalue weighted by Gasteiger charge is 2.03. The predicted octanol–water partition coefficient (Wildman–Crippen LogP) is 4.37. The first-order valence-electron chi connectivity index (χ1n) is 6.11. The second-order valence-corrected chi connectivity index (χ2v) is 4.34. The van der Waals surface area contributed by atoms with Crippen molar-refractivity contribution in [3.8, 4) is 0 Å². The minimum Gasteiger partial charge on any atom is -0.207 e. The summed E-state index contributed by atoms with van der Waals surface area (Å²) in [6.07, 6.45) is 2.66. The first kappa shape index (κ1) is 11.8. The quantitative estimate of drug-likeness (QED) is 0.729. The van der Waals surface area contributed by atoms with E-state index in [1.54, 1.807) is 6.07 Å². The standard InChI is InChI=1S/C16H17F/c1-2-6-15-12-14(9-10-16(15)17)11-13-7-4-3-5-8-13/h3-5,7-10,12H,2,6,11H2,1H3. The highest BCUT2D eigenvalue weighted by atomic mass is 19.1. The summed E-state index contributed by atoms with van der Waals surface area (Å²) in [7, 11) is 0. The number of benzene rings is 2. The predicted molar refractivity (Wildman–Crippen MR) is 69.6 cm³/mol. The van der Waals surface area contributed by atoms with Crippen molar-refractivity contribution in [1.82, 2.24) is 0 Å². The number of halogens is 1. The molecule has 0 aromatic heterocycles. The molecule has 0 aliphatic carbocycles. The minimum absolute atomic E-state index is 0.0799. The van der Waals surface area contributed by atoms with Gasteiger partial charge in [0.05, 0.1) is 0 Å². The van der Waals surface area contributed by atoms with E-state index in [2.05, 4.69) is 19.1 Å². The zero-order chi connectivity index (χ0) is 12.1. The molecule has 0 N–H and O–H groups in total. The summed E-state index contributed by atoms with van der Waals surface area (Å²) in [5, 5.41) is 0. The summed E-state index contributed by atoms with van der Waals surface area (Å²) in [5.74, 6) is -0.0799. The van der Waals surface area contributed by atoms with E-state index >= 15 is 0 Å². The van der Waals surface area contributed by atoms with Crippen molar-refractivity contribution in [2.45, 2.75) is 26.2 Å². The third-order valence-corrected chi connectivity index (χ3v) is 2.88. The molecule has 2 aromatic rings. The van der Waals surface area contributed by atoms with Gasteiger partial charge in [-0.2, -0.15) is 0 Å². The Kier molecular flexibility index (Phi) is 3.92. The summed E-state index contributed by atoms with van der Waals surface area (Å²) in [6, 6.07) is 15.7. The third kappa shape index (κ3) is 3.16. The summed E-state index contributed by atoms with van der Waals surface area (Å²) in [6.45, 7) is 2.07.